The Morgan fingerprint density at radius 1 is 1.12 bits per heavy atom. The molecule has 3 aliphatic rings. The van der Waals surface area contributed by atoms with Crippen LogP contribution in [-0.4, -0.2) is 81.0 Å². The van der Waals surface area contributed by atoms with E-state index in [-0.39, 0.29) is 54.2 Å². The molecule has 234 valence electrons. The third kappa shape index (κ3) is 7.17. The molecule has 3 N–H and O–H groups in total. The summed E-state index contributed by atoms with van der Waals surface area (Å²) in [7, 11) is -0.399. The molecular weight excluding hydrogens is 558 g/mol. The Balaban J connectivity index is 1.31. The second-order valence-corrected chi connectivity index (χ2v) is 17.9. The zero-order chi connectivity index (χ0) is 30.6. The molecule has 9 heteroatoms. The van der Waals surface area contributed by atoms with Gasteiger partial charge in [-0.2, -0.15) is 0 Å². The molecular formula is C34H49N3O5Si. The number of methoxy groups -OCH3 is 1. The molecule has 43 heavy (non-hydrogen) atoms. The van der Waals surface area contributed by atoms with Crippen molar-refractivity contribution in [2.45, 2.75) is 94.8 Å². The first-order valence-corrected chi connectivity index (χ1v) is 19.1. The summed E-state index contributed by atoms with van der Waals surface area (Å²) in [5.74, 6) is 1.25. The van der Waals surface area contributed by atoms with Crippen molar-refractivity contribution >= 4 is 30.8 Å². The first-order chi connectivity index (χ1) is 20.7. The van der Waals surface area contributed by atoms with Gasteiger partial charge < -0.3 is 30.1 Å². The van der Waals surface area contributed by atoms with Gasteiger partial charge in [-0.25, -0.2) is 0 Å². The van der Waals surface area contributed by atoms with E-state index in [2.05, 4.69) is 54.9 Å². The van der Waals surface area contributed by atoms with Gasteiger partial charge >= 0.3 is 0 Å². The number of carbonyl (C=O) groups is 2. The third-order valence-electron chi connectivity index (χ3n) is 10.1. The van der Waals surface area contributed by atoms with Crippen LogP contribution in [-0.2, 0) is 20.7 Å². The monoisotopic (exact) mass is 607 g/mol. The Labute approximate surface area is 257 Å². The highest BCUT2D eigenvalue weighted by molar-refractivity contribution is 6.91. The van der Waals surface area contributed by atoms with E-state index >= 15 is 0 Å². The Hall–Kier alpha value is -2.72. The van der Waals surface area contributed by atoms with Gasteiger partial charge in [-0.15, -0.1) is 0 Å². The Kier molecular flexibility index (Phi) is 10.3. The summed E-state index contributed by atoms with van der Waals surface area (Å²) in [6.07, 6.45) is 5.60. The molecule has 0 saturated carbocycles. The highest BCUT2D eigenvalue weighted by Crippen LogP contribution is 2.46. The summed E-state index contributed by atoms with van der Waals surface area (Å²) in [6.45, 7) is 8.72. The Bertz CT molecular complexity index is 1250. The molecule has 3 heterocycles. The maximum atomic E-state index is 13.6. The summed E-state index contributed by atoms with van der Waals surface area (Å²) >= 11 is 0. The van der Waals surface area contributed by atoms with E-state index in [1.807, 2.05) is 29.2 Å². The first-order valence-electron chi connectivity index (χ1n) is 16.0. The molecule has 0 aromatic heterocycles. The lowest BCUT2D eigenvalue weighted by Crippen LogP contribution is -2.51. The zero-order valence-corrected chi connectivity index (χ0v) is 27.2. The number of hydrogen-bond donors (Lipinski definition) is 3. The summed E-state index contributed by atoms with van der Waals surface area (Å²) in [6, 6.07) is 16.4. The van der Waals surface area contributed by atoms with Crippen LogP contribution in [0.25, 0.3) is 0 Å². The van der Waals surface area contributed by atoms with Gasteiger partial charge in [-0.3, -0.25) is 9.59 Å². The van der Waals surface area contributed by atoms with Gasteiger partial charge in [0.05, 0.1) is 52.5 Å². The molecule has 0 bridgehead atoms. The second-order valence-electron chi connectivity index (χ2n) is 13.2. The molecule has 2 amide bonds. The Morgan fingerprint density at radius 2 is 1.91 bits per heavy atom. The highest BCUT2D eigenvalue weighted by atomic mass is 28.3. The van der Waals surface area contributed by atoms with Crippen molar-refractivity contribution in [2.75, 3.05) is 32.1 Å². The van der Waals surface area contributed by atoms with Crippen LogP contribution in [0, 0.1) is 5.92 Å². The molecule has 0 spiro atoms. The van der Waals surface area contributed by atoms with E-state index in [0.29, 0.717) is 13.0 Å². The minimum Gasteiger partial charge on any atom is -0.497 e. The fraction of sp³-hybridized carbons (Fsp3) is 0.588. The van der Waals surface area contributed by atoms with Crippen LogP contribution >= 0.6 is 0 Å². The van der Waals surface area contributed by atoms with Gasteiger partial charge in [-0.05, 0) is 86.4 Å². The van der Waals surface area contributed by atoms with Gasteiger partial charge in [0, 0.05) is 12.2 Å². The fourth-order valence-electron chi connectivity index (χ4n) is 7.74. The van der Waals surface area contributed by atoms with E-state index in [9.17, 15) is 14.7 Å². The van der Waals surface area contributed by atoms with E-state index in [0.717, 1.165) is 56.5 Å². The summed E-state index contributed by atoms with van der Waals surface area (Å²) < 4.78 is 12.3. The zero-order valence-electron chi connectivity index (χ0n) is 26.2. The van der Waals surface area contributed by atoms with Crippen LogP contribution in [0.1, 0.15) is 51.0 Å². The summed E-state index contributed by atoms with van der Waals surface area (Å²) in [5, 5.41) is 17.5. The molecule has 6 atom stereocenters. The van der Waals surface area contributed by atoms with Crippen LogP contribution in [0.5, 0.6) is 5.75 Å². The van der Waals surface area contributed by atoms with Gasteiger partial charge in [-0.1, -0.05) is 49.5 Å². The number of carbonyl (C=O) groups excluding carboxylic acids is 2. The molecule has 3 fully saturated rings. The first kappa shape index (κ1) is 31.7. The van der Waals surface area contributed by atoms with Crippen molar-refractivity contribution in [1.29, 1.82) is 0 Å². The number of rotatable bonds is 11. The van der Waals surface area contributed by atoms with Crippen LogP contribution < -0.4 is 20.6 Å². The summed E-state index contributed by atoms with van der Waals surface area (Å²) in [4.78, 5) is 28.1. The van der Waals surface area contributed by atoms with Crippen LogP contribution in [0.2, 0.25) is 18.6 Å². The number of aryl methyl sites for hydroxylation is 1. The van der Waals surface area contributed by atoms with Crippen LogP contribution in [0.15, 0.2) is 48.5 Å². The largest absolute Gasteiger partial charge is 0.497 e. The molecule has 0 aliphatic carbocycles. The van der Waals surface area contributed by atoms with Crippen molar-refractivity contribution in [3.05, 3.63) is 54.1 Å². The molecule has 5 rings (SSSR count). The normalized spacial score (nSPS) is 27.4. The van der Waals surface area contributed by atoms with Crippen molar-refractivity contribution in [2.24, 2.45) is 5.92 Å². The second kappa shape index (κ2) is 13.9. The number of hydrogen-bond acceptors (Lipinski definition) is 6. The standard InChI is InChI=1S/C34H49N3O5Si/c1-23-30(17-12-24-8-5-9-25(20-24)36-34(40)29-11-6-18-35-29)42-31(21-32(39)37-19-7-10-26(37)22-38)33(23)43(3,4)28-15-13-27(41-2)14-16-28/h5,8-9,13-16,20,23,26,29-31,33,35,38H,6-7,10-12,17-19,21-22H2,1-4H3,(H,36,40)/t23-,26-,29+,30+,31-,33+/m0/s1. The van der Waals surface area contributed by atoms with Crippen molar-refractivity contribution in [3.8, 4) is 5.75 Å². The third-order valence-corrected chi connectivity index (χ3v) is 14.5. The molecule has 8 nitrogen and oxygen atoms in total. The average molecular weight is 608 g/mol. The minimum atomic E-state index is -2.08. The quantitative estimate of drug-likeness (QED) is 0.333. The number of nitrogens with one attached hydrogen (secondary N) is 2. The van der Waals surface area contributed by atoms with E-state index < -0.39 is 8.07 Å². The number of aliphatic hydroxyl groups excluding tert-OH is 1. The van der Waals surface area contributed by atoms with Crippen molar-refractivity contribution in [1.82, 2.24) is 10.2 Å². The van der Waals surface area contributed by atoms with Crippen LogP contribution in [0.4, 0.5) is 5.69 Å². The fourth-order valence-corrected chi connectivity index (χ4v) is 11.8. The number of nitrogens with zero attached hydrogens (tertiary/aromatic N) is 1. The lowest BCUT2D eigenvalue weighted by atomic mass is 9.95. The number of likely N-dealkylation sites (tertiary alicyclic amines) is 1. The highest BCUT2D eigenvalue weighted by Gasteiger charge is 2.51. The number of aliphatic hydroxyl groups is 1. The lowest BCUT2D eigenvalue weighted by Gasteiger charge is -2.36. The van der Waals surface area contributed by atoms with Gasteiger partial charge in [0.1, 0.15) is 5.75 Å². The molecule has 2 aromatic carbocycles. The topological polar surface area (TPSA) is 100 Å². The molecule has 3 saturated heterocycles. The summed E-state index contributed by atoms with van der Waals surface area (Å²) in [5.41, 5.74) is 2.25. The minimum absolute atomic E-state index is 0.0164. The maximum absolute atomic E-state index is 13.6. The smallest absolute Gasteiger partial charge is 0.241 e. The molecule has 2 aromatic rings. The van der Waals surface area contributed by atoms with Crippen molar-refractivity contribution < 1.29 is 24.2 Å². The molecule has 0 unspecified atom stereocenters. The average Bonchev–Trinajstić information content (AvgIpc) is 3.77. The number of amides is 2. The molecule has 0 radical (unpaired) electrons. The van der Waals surface area contributed by atoms with E-state index in [1.165, 1.54) is 10.8 Å². The SMILES string of the molecule is COc1ccc([Si](C)(C)[C@@H]2[C@@H](C)[C@@H](CCc3cccc(NC(=O)[C@H]4CCCN4)c3)O[C@H]2CC(=O)N2CCC[C@H]2CO)cc1. The predicted octanol–water partition coefficient (Wildman–Crippen LogP) is 4.08. The predicted molar refractivity (Wildman–Crippen MR) is 173 cm³/mol. The Morgan fingerprint density at radius 3 is 2.60 bits per heavy atom. The maximum Gasteiger partial charge on any atom is 0.241 e. The van der Waals surface area contributed by atoms with Crippen LogP contribution in [0.3, 0.4) is 0 Å². The van der Waals surface area contributed by atoms with E-state index in [4.69, 9.17) is 9.47 Å². The number of anilines is 1. The number of ether oxygens (including phenoxy) is 2. The van der Waals surface area contributed by atoms with Gasteiger partial charge in [0.25, 0.3) is 0 Å². The molecule has 3 aliphatic heterocycles. The van der Waals surface area contributed by atoms with E-state index in [1.54, 1.807) is 7.11 Å². The lowest BCUT2D eigenvalue weighted by molar-refractivity contribution is -0.135. The van der Waals surface area contributed by atoms with Crippen molar-refractivity contribution in [3.63, 3.8) is 0 Å². The number of benzene rings is 2. The van der Waals surface area contributed by atoms with Gasteiger partial charge in [0.15, 0.2) is 0 Å². The van der Waals surface area contributed by atoms with Gasteiger partial charge in [0.2, 0.25) is 11.8 Å².